The first kappa shape index (κ1) is 66.5. The molecule has 0 aliphatic heterocycles. The summed E-state index contributed by atoms with van der Waals surface area (Å²) in [4.78, 5) is 23.3. The molecule has 1 amide bonds. The van der Waals surface area contributed by atoms with E-state index in [1.165, 1.54) is 180 Å². The molecule has 0 spiro atoms. The highest BCUT2D eigenvalue weighted by Gasteiger charge is 2.28. The lowest BCUT2D eigenvalue weighted by atomic mass is 10.0. The molecule has 0 aromatic heterocycles. The molecule has 0 saturated carbocycles. The number of phosphoric ester groups is 1. The van der Waals surface area contributed by atoms with E-state index in [4.69, 9.17) is 9.05 Å². The van der Waals surface area contributed by atoms with Crippen molar-refractivity contribution in [3.8, 4) is 0 Å². The number of allylic oxidation sites excluding steroid dienone is 8. The fourth-order valence-electron chi connectivity index (χ4n) is 8.57. The fourth-order valence-corrected chi connectivity index (χ4v) is 9.31. The Balaban J connectivity index is 4.07. The van der Waals surface area contributed by atoms with E-state index < -0.39 is 20.0 Å². The highest BCUT2D eigenvalue weighted by molar-refractivity contribution is 7.47. The van der Waals surface area contributed by atoms with Crippen LogP contribution in [-0.2, 0) is 18.4 Å². The fraction of sp³-hybridized carbons (Fsp3) is 0.847. The van der Waals surface area contributed by atoms with Crippen molar-refractivity contribution in [1.82, 2.24) is 5.32 Å². The monoisotopic (exact) mass is 978 g/mol. The number of nitrogens with one attached hydrogen (secondary N) is 1. The van der Waals surface area contributed by atoms with E-state index in [0.29, 0.717) is 23.9 Å². The summed E-state index contributed by atoms with van der Waals surface area (Å²) in [6.07, 6.45) is 66.3. The molecule has 0 heterocycles. The molecule has 0 fully saturated rings. The van der Waals surface area contributed by atoms with Crippen LogP contribution in [0.25, 0.3) is 0 Å². The molecule has 68 heavy (non-hydrogen) atoms. The molecule has 0 bridgehead atoms. The molecule has 0 aliphatic rings. The smallest absolute Gasteiger partial charge is 0.391 e. The Hall–Kier alpha value is -1.54. The molecule has 3 atom stereocenters. The lowest BCUT2D eigenvalue weighted by Gasteiger charge is -2.26. The Morgan fingerprint density at radius 1 is 0.515 bits per heavy atom. The Bertz CT molecular complexity index is 1250. The summed E-state index contributed by atoms with van der Waals surface area (Å²) < 4.78 is 23.7. The summed E-state index contributed by atoms with van der Waals surface area (Å²) in [6.45, 7) is 4.76. The van der Waals surface area contributed by atoms with Gasteiger partial charge in [-0.1, -0.05) is 262 Å². The van der Waals surface area contributed by atoms with E-state index in [0.717, 1.165) is 64.2 Å². The van der Waals surface area contributed by atoms with Gasteiger partial charge in [0, 0.05) is 6.42 Å². The number of unbranched alkanes of at least 4 members (excludes halogenated alkanes) is 32. The predicted octanol–water partition coefficient (Wildman–Crippen LogP) is 17.5. The van der Waals surface area contributed by atoms with Crippen LogP contribution in [-0.4, -0.2) is 73.4 Å². The molecule has 9 heteroatoms. The second kappa shape index (κ2) is 50.4. The first-order chi connectivity index (χ1) is 33.0. The van der Waals surface area contributed by atoms with Gasteiger partial charge >= 0.3 is 7.82 Å². The van der Waals surface area contributed by atoms with Crippen LogP contribution in [0.15, 0.2) is 48.6 Å². The number of rotatable bonds is 53. The predicted molar refractivity (Wildman–Crippen MR) is 295 cm³/mol. The number of nitrogens with zero attached hydrogens (tertiary/aromatic N) is 1. The van der Waals surface area contributed by atoms with Crippen molar-refractivity contribution in [3.05, 3.63) is 48.6 Å². The van der Waals surface area contributed by atoms with Gasteiger partial charge in [-0.25, -0.2) is 4.57 Å². The summed E-state index contributed by atoms with van der Waals surface area (Å²) >= 11 is 0. The zero-order valence-electron chi connectivity index (χ0n) is 45.6. The number of hydrogen-bond acceptors (Lipinski definition) is 5. The van der Waals surface area contributed by atoms with Crippen LogP contribution in [0.1, 0.15) is 271 Å². The van der Waals surface area contributed by atoms with Gasteiger partial charge < -0.3 is 19.8 Å². The molecular weight excluding hydrogens is 864 g/mol. The van der Waals surface area contributed by atoms with Gasteiger partial charge in [0.15, 0.2) is 0 Å². The van der Waals surface area contributed by atoms with E-state index in [1.54, 1.807) is 0 Å². The first-order valence-corrected chi connectivity index (χ1v) is 30.5. The van der Waals surface area contributed by atoms with Gasteiger partial charge in [0.1, 0.15) is 13.2 Å². The zero-order chi connectivity index (χ0) is 49.9. The molecule has 0 aromatic rings. The maximum atomic E-state index is 12.9. The average molecular weight is 979 g/mol. The molecule has 400 valence electrons. The van der Waals surface area contributed by atoms with Crippen molar-refractivity contribution < 1.29 is 32.9 Å². The first-order valence-electron chi connectivity index (χ1n) is 29.0. The quantitative estimate of drug-likeness (QED) is 0.0243. The minimum absolute atomic E-state index is 0.0653. The number of quaternary nitrogens is 1. The van der Waals surface area contributed by atoms with Gasteiger partial charge in [0.2, 0.25) is 5.91 Å². The highest BCUT2D eigenvalue weighted by Crippen LogP contribution is 2.43. The Labute approximate surface area is 422 Å². The van der Waals surface area contributed by atoms with E-state index in [1.807, 2.05) is 21.1 Å². The molecule has 3 N–H and O–H groups in total. The number of carbonyl (C=O) groups excluding carboxylic acids is 1. The summed E-state index contributed by atoms with van der Waals surface area (Å²) in [5.41, 5.74) is 0. The molecule has 0 aromatic carbocycles. The number of likely N-dealkylation sites (N-methyl/N-ethyl adjacent to an activating group) is 1. The zero-order valence-corrected chi connectivity index (χ0v) is 46.5. The largest absolute Gasteiger partial charge is 0.472 e. The number of carbonyl (C=O) groups is 1. The molecule has 0 radical (unpaired) electrons. The third-order valence-corrected chi connectivity index (χ3v) is 14.1. The van der Waals surface area contributed by atoms with Gasteiger partial charge in [-0.05, 0) is 51.4 Å². The third kappa shape index (κ3) is 52.3. The van der Waals surface area contributed by atoms with Gasteiger partial charge in [0.05, 0.1) is 39.9 Å². The minimum Gasteiger partial charge on any atom is -0.391 e. The summed E-state index contributed by atoms with van der Waals surface area (Å²) in [5.74, 6) is -0.183. The van der Waals surface area contributed by atoms with Crippen LogP contribution in [0, 0.1) is 0 Å². The van der Waals surface area contributed by atoms with Gasteiger partial charge in [-0.3, -0.25) is 13.8 Å². The molecule has 0 saturated heterocycles. The third-order valence-electron chi connectivity index (χ3n) is 13.1. The number of amides is 1. The number of aliphatic hydroxyl groups excluding tert-OH is 1. The molecule has 3 unspecified atom stereocenters. The lowest BCUT2D eigenvalue weighted by molar-refractivity contribution is -0.870. The number of hydrogen-bond donors (Lipinski definition) is 3. The molecule has 0 aliphatic carbocycles. The lowest BCUT2D eigenvalue weighted by Crippen LogP contribution is -2.46. The normalized spacial score (nSPS) is 14.3. The Morgan fingerprint density at radius 3 is 1.26 bits per heavy atom. The van der Waals surface area contributed by atoms with Gasteiger partial charge in [0.25, 0.3) is 0 Å². The van der Waals surface area contributed by atoms with Gasteiger partial charge in [-0.2, -0.15) is 0 Å². The second-order valence-corrected chi connectivity index (χ2v) is 22.4. The van der Waals surface area contributed by atoms with Crippen LogP contribution in [0.3, 0.4) is 0 Å². The standard InChI is InChI=1S/C59H113N2O6P/c1-6-8-10-12-14-16-18-20-22-23-24-25-26-27-28-29-30-31-32-33-34-35-36-37-39-40-42-44-46-48-50-52-58(62)57(56-67-68(64,65)66-55-54-61(3,4)5)60-59(63)53-51-49-47-45-43-41-38-21-19-17-15-13-11-9-7-2/h9,11,15,17,21,38,43,45,57-58,62H,6-8,10,12-14,16,18-20,22-37,39-42,44,46-56H2,1-5H3,(H-,60,63,64,65)/p+1/b11-9-,17-15-,38-21-,45-43-. The average Bonchev–Trinajstić information content (AvgIpc) is 3.30. The van der Waals surface area contributed by atoms with Crippen LogP contribution < -0.4 is 5.32 Å². The maximum Gasteiger partial charge on any atom is 0.472 e. The van der Waals surface area contributed by atoms with Crippen LogP contribution in [0.4, 0.5) is 0 Å². The van der Waals surface area contributed by atoms with Crippen molar-refractivity contribution in [2.75, 3.05) is 40.9 Å². The minimum atomic E-state index is -4.33. The van der Waals surface area contributed by atoms with Crippen LogP contribution in [0.2, 0.25) is 0 Å². The van der Waals surface area contributed by atoms with Crippen molar-refractivity contribution in [3.63, 3.8) is 0 Å². The Morgan fingerprint density at radius 2 is 0.882 bits per heavy atom. The summed E-state index contributed by atoms with van der Waals surface area (Å²) in [6, 6.07) is -0.784. The number of phosphoric acid groups is 1. The highest BCUT2D eigenvalue weighted by atomic mass is 31.2. The van der Waals surface area contributed by atoms with E-state index in [-0.39, 0.29) is 19.1 Å². The topological polar surface area (TPSA) is 105 Å². The number of aliphatic hydroxyl groups is 1. The van der Waals surface area contributed by atoms with Crippen molar-refractivity contribution in [2.24, 2.45) is 0 Å². The van der Waals surface area contributed by atoms with E-state index in [9.17, 15) is 19.4 Å². The van der Waals surface area contributed by atoms with Crippen LogP contribution >= 0.6 is 7.82 Å². The second-order valence-electron chi connectivity index (χ2n) is 21.0. The van der Waals surface area contributed by atoms with E-state index >= 15 is 0 Å². The maximum absolute atomic E-state index is 12.9. The van der Waals surface area contributed by atoms with Crippen molar-refractivity contribution in [2.45, 2.75) is 283 Å². The molecule has 8 nitrogen and oxygen atoms in total. The SMILES string of the molecule is CC/C=C\C/C=C\C/C=C\C/C=C\CCCCC(=O)NC(COP(=O)(O)OCC[N+](C)(C)C)C(O)CCCCCCCCCCCCCCCCCCCCCCCCCCCCCCCCC. The van der Waals surface area contributed by atoms with E-state index in [2.05, 4.69) is 67.8 Å². The summed E-state index contributed by atoms with van der Waals surface area (Å²) in [7, 11) is 1.59. The van der Waals surface area contributed by atoms with Crippen molar-refractivity contribution in [1.29, 1.82) is 0 Å². The van der Waals surface area contributed by atoms with Crippen LogP contribution in [0.5, 0.6) is 0 Å². The molecule has 0 rings (SSSR count). The summed E-state index contributed by atoms with van der Waals surface area (Å²) in [5, 5.41) is 14.0. The molecular formula is C59H114N2O6P+. The van der Waals surface area contributed by atoms with Crippen molar-refractivity contribution >= 4 is 13.7 Å². The van der Waals surface area contributed by atoms with Gasteiger partial charge in [-0.15, -0.1) is 0 Å². The Kier molecular flexibility index (Phi) is 49.3.